The van der Waals surface area contributed by atoms with Crippen LogP contribution in [0.5, 0.6) is 0 Å². The van der Waals surface area contributed by atoms with E-state index in [-0.39, 0.29) is 12.0 Å². The molecule has 0 saturated carbocycles. The molecule has 0 saturated heterocycles. The Hall–Kier alpha value is -0.630. The Morgan fingerprint density at radius 3 is 2.36 bits per heavy atom. The van der Waals surface area contributed by atoms with Gasteiger partial charge >= 0.3 is 0 Å². The van der Waals surface area contributed by atoms with Gasteiger partial charge in [-0.25, -0.2) is 0 Å². The summed E-state index contributed by atoms with van der Waals surface area (Å²) < 4.78 is 0. The van der Waals surface area contributed by atoms with E-state index in [1.54, 1.807) is 0 Å². The summed E-state index contributed by atoms with van der Waals surface area (Å²) in [5, 5.41) is 9.79. The Bertz CT molecular complexity index is 185. The van der Waals surface area contributed by atoms with Gasteiger partial charge in [-0.15, -0.1) is 0 Å². The number of hydrogen-bond acceptors (Lipinski definition) is 2. The van der Waals surface area contributed by atoms with E-state index < -0.39 is 0 Å². The first kappa shape index (κ1) is 13.4. The first-order valence-electron chi connectivity index (χ1n) is 5.53. The predicted molar refractivity (Wildman–Crippen MR) is 59.1 cm³/mol. The van der Waals surface area contributed by atoms with Crippen molar-refractivity contribution in [3.63, 3.8) is 0 Å². The molecule has 2 unspecified atom stereocenters. The highest BCUT2D eigenvalue weighted by atomic mass is 16.3. The number of hydrogen-bond donors (Lipinski definition) is 1. The smallest absolute Gasteiger partial charge is 0.145 e. The van der Waals surface area contributed by atoms with Crippen molar-refractivity contribution in [3.8, 4) is 0 Å². The minimum atomic E-state index is -0.300. The van der Waals surface area contributed by atoms with Gasteiger partial charge in [0.15, 0.2) is 0 Å². The second kappa shape index (κ2) is 7.74. The van der Waals surface area contributed by atoms with Gasteiger partial charge in [-0.3, -0.25) is 4.79 Å². The van der Waals surface area contributed by atoms with E-state index in [4.69, 9.17) is 0 Å². The first-order valence-corrected chi connectivity index (χ1v) is 5.53. The van der Waals surface area contributed by atoms with Crippen LogP contribution in [-0.4, -0.2) is 17.5 Å². The summed E-state index contributed by atoms with van der Waals surface area (Å²) in [7, 11) is 0. The van der Waals surface area contributed by atoms with Gasteiger partial charge in [-0.05, 0) is 24.8 Å². The van der Waals surface area contributed by atoms with Gasteiger partial charge in [0.2, 0.25) is 0 Å². The molecule has 0 aliphatic heterocycles. The van der Waals surface area contributed by atoms with Gasteiger partial charge < -0.3 is 5.11 Å². The van der Waals surface area contributed by atoms with Crippen LogP contribution in [0, 0.1) is 5.92 Å². The van der Waals surface area contributed by atoms with E-state index >= 15 is 0 Å². The summed E-state index contributed by atoms with van der Waals surface area (Å²) in [5.41, 5.74) is 0.798. The maximum atomic E-state index is 10.6. The molecule has 0 aliphatic rings. The SMILES string of the molecule is CCCC(O)C(C=C(C=O)CC)CC. The fourth-order valence-electron chi connectivity index (χ4n) is 1.53. The van der Waals surface area contributed by atoms with Crippen LogP contribution in [0.15, 0.2) is 11.6 Å². The number of aldehydes is 1. The van der Waals surface area contributed by atoms with Gasteiger partial charge in [0, 0.05) is 5.92 Å². The summed E-state index contributed by atoms with van der Waals surface area (Å²) in [6.07, 6.45) is 5.94. The molecule has 2 heteroatoms. The fourth-order valence-corrected chi connectivity index (χ4v) is 1.53. The van der Waals surface area contributed by atoms with Crippen LogP contribution in [0.1, 0.15) is 46.5 Å². The van der Waals surface area contributed by atoms with Crippen molar-refractivity contribution in [2.45, 2.75) is 52.6 Å². The maximum absolute atomic E-state index is 10.6. The Balaban J connectivity index is 4.38. The monoisotopic (exact) mass is 198 g/mol. The lowest BCUT2D eigenvalue weighted by molar-refractivity contribution is -0.105. The molecular formula is C12H22O2. The molecule has 0 rings (SSSR count). The van der Waals surface area contributed by atoms with Crippen molar-refractivity contribution < 1.29 is 9.90 Å². The van der Waals surface area contributed by atoms with Crippen LogP contribution in [0.25, 0.3) is 0 Å². The van der Waals surface area contributed by atoms with Gasteiger partial charge in [-0.1, -0.05) is 33.3 Å². The van der Waals surface area contributed by atoms with Crippen molar-refractivity contribution >= 4 is 6.29 Å². The quantitative estimate of drug-likeness (QED) is 0.504. The van der Waals surface area contributed by atoms with E-state index in [0.29, 0.717) is 0 Å². The third kappa shape index (κ3) is 4.56. The minimum absolute atomic E-state index is 0.134. The summed E-state index contributed by atoms with van der Waals surface area (Å²) in [6, 6.07) is 0. The zero-order valence-corrected chi connectivity index (χ0v) is 9.49. The van der Waals surface area contributed by atoms with Crippen LogP contribution in [0.2, 0.25) is 0 Å². The third-order valence-corrected chi connectivity index (χ3v) is 2.54. The molecule has 0 heterocycles. The molecule has 0 amide bonds. The third-order valence-electron chi connectivity index (χ3n) is 2.54. The fraction of sp³-hybridized carbons (Fsp3) is 0.750. The molecule has 0 radical (unpaired) electrons. The molecule has 0 aromatic heterocycles. The van der Waals surface area contributed by atoms with Crippen LogP contribution in [0.3, 0.4) is 0 Å². The van der Waals surface area contributed by atoms with Crippen molar-refractivity contribution in [1.82, 2.24) is 0 Å². The molecular weight excluding hydrogens is 176 g/mol. The van der Waals surface area contributed by atoms with Crippen LogP contribution >= 0.6 is 0 Å². The van der Waals surface area contributed by atoms with E-state index in [1.165, 1.54) is 0 Å². The van der Waals surface area contributed by atoms with Crippen molar-refractivity contribution in [2.75, 3.05) is 0 Å². The number of aliphatic hydroxyl groups excluding tert-OH is 1. The van der Waals surface area contributed by atoms with Gasteiger partial charge in [-0.2, -0.15) is 0 Å². The Morgan fingerprint density at radius 1 is 1.36 bits per heavy atom. The summed E-state index contributed by atoms with van der Waals surface area (Å²) in [4.78, 5) is 10.6. The molecule has 2 nitrogen and oxygen atoms in total. The summed E-state index contributed by atoms with van der Waals surface area (Å²) in [6.45, 7) is 6.05. The Kier molecular flexibility index (Phi) is 7.40. The molecule has 14 heavy (non-hydrogen) atoms. The number of carbonyl (C=O) groups excluding carboxylic acids is 1. The highest BCUT2D eigenvalue weighted by molar-refractivity contribution is 5.72. The summed E-state index contributed by atoms with van der Waals surface area (Å²) in [5.74, 6) is 0.134. The van der Waals surface area contributed by atoms with E-state index in [9.17, 15) is 9.90 Å². The van der Waals surface area contributed by atoms with Gasteiger partial charge in [0.05, 0.1) is 6.10 Å². The molecule has 0 fully saturated rings. The first-order chi connectivity index (χ1) is 6.69. The van der Waals surface area contributed by atoms with Gasteiger partial charge in [0.1, 0.15) is 6.29 Å². The average molecular weight is 198 g/mol. The number of allylic oxidation sites excluding steroid dienone is 1. The lowest BCUT2D eigenvalue weighted by atomic mass is 9.93. The maximum Gasteiger partial charge on any atom is 0.145 e. The highest BCUT2D eigenvalue weighted by Gasteiger charge is 2.14. The molecule has 1 N–H and O–H groups in total. The van der Waals surface area contributed by atoms with Gasteiger partial charge in [0.25, 0.3) is 0 Å². The van der Waals surface area contributed by atoms with Crippen LogP contribution < -0.4 is 0 Å². The van der Waals surface area contributed by atoms with Crippen LogP contribution in [0.4, 0.5) is 0 Å². The zero-order chi connectivity index (χ0) is 11.0. The highest BCUT2D eigenvalue weighted by Crippen LogP contribution is 2.17. The molecule has 0 aromatic rings. The number of aliphatic hydroxyl groups is 1. The molecule has 82 valence electrons. The van der Waals surface area contributed by atoms with Crippen molar-refractivity contribution in [1.29, 1.82) is 0 Å². The normalized spacial score (nSPS) is 16.4. The molecule has 0 spiro atoms. The van der Waals surface area contributed by atoms with Crippen LogP contribution in [-0.2, 0) is 4.79 Å². The lowest BCUT2D eigenvalue weighted by Gasteiger charge is -2.18. The van der Waals surface area contributed by atoms with E-state index in [2.05, 4.69) is 6.92 Å². The number of carbonyl (C=O) groups is 1. The predicted octanol–water partition coefficient (Wildman–Crippen LogP) is 2.71. The standard InChI is InChI=1S/C12H22O2/c1-4-7-12(14)11(6-3)8-10(5-2)9-13/h8-9,11-12,14H,4-7H2,1-3H3. The Morgan fingerprint density at radius 2 is 2.00 bits per heavy atom. The topological polar surface area (TPSA) is 37.3 Å². The minimum Gasteiger partial charge on any atom is -0.393 e. The summed E-state index contributed by atoms with van der Waals surface area (Å²) >= 11 is 0. The molecule has 0 aromatic carbocycles. The van der Waals surface area contributed by atoms with E-state index in [0.717, 1.165) is 37.5 Å². The van der Waals surface area contributed by atoms with E-state index in [1.807, 2.05) is 19.9 Å². The molecule has 0 bridgehead atoms. The second-order valence-corrected chi connectivity index (χ2v) is 3.64. The lowest BCUT2D eigenvalue weighted by Crippen LogP contribution is -2.18. The molecule has 2 atom stereocenters. The largest absolute Gasteiger partial charge is 0.393 e. The second-order valence-electron chi connectivity index (χ2n) is 3.64. The van der Waals surface area contributed by atoms with Crippen molar-refractivity contribution in [3.05, 3.63) is 11.6 Å². The Labute approximate surface area is 87.0 Å². The zero-order valence-electron chi connectivity index (χ0n) is 9.49. The number of rotatable bonds is 7. The van der Waals surface area contributed by atoms with Crippen molar-refractivity contribution in [2.24, 2.45) is 5.92 Å². The molecule has 0 aliphatic carbocycles. The average Bonchev–Trinajstić information content (AvgIpc) is 2.20.